The van der Waals surface area contributed by atoms with E-state index in [-0.39, 0.29) is 10.8 Å². The average molecular weight is 517 g/mol. The molecule has 2 aromatic carbocycles. The van der Waals surface area contributed by atoms with Crippen LogP contribution in [0.4, 0.5) is 0 Å². The molecular formula is C31H36N2O3S. The predicted octanol–water partition coefficient (Wildman–Crippen LogP) is 6.95. The van der Waals surface area contributed by atoms with Crippen LogP contribution in [0.3, 0.4) is 0 Å². The molecule has 1 saturated carbocycles. The summed E-state index contributed by atoms with van der Waals surface area (Å²) in [6.07, 6.45) is 3.57. The number of rotatable bonds is 10. The molecule has 1 fully saturated rings. The topological polar surface area (TPSA) is 80.0 Å². The molecule has 0 radical (unpaired) electrons. The zero-order valence-electron chi connectivity index (χ0n) is 22.4. The molecule has 0 amide bonds. The average Bonchev–Trinajstić information content (AvgIpc) is 3.67. The molecule has 0 bridgehead atoms. The van der Waals surface area contributed by atoms with E-state index in [2.05, 4.69) is 19.9 Å². The van der Waals surface area contributed by atoms with Gasteiger partial charge < -0.3 is 4.74 Å². The number of sulfone groups is 1. The lowest BCUT2D eigenvalue weighted by molar-refractivity contribution is 0.286. The van der Waals surface area contributed by atoms with E-state index in [4.69, 9.17) is 9.72 Å². The fraction of sp³-hybridized carbons (Fsp3) is 0.419. The maximum absolute atomic E-state index is 14.5. The van der Waals surface area contributed by atoms with Crippen LogP contribution >= 0.6 is 0 Å². The largest absolute Gasteiger partial charge is 0.473 e. The van der Waals surface area contributed by atoms with E-state index in [1.165, 1.54) is 6.07 Å². The Morgan fingerprint density at radius 2 is 1.78 bits per heavy atom. The van der Waals surface area contributed by atoms with Gasteiger partial charge in [0.25, 0.3) is 0 Å². The van der Waals surface area contributed by atoms with E-state index >= 15 is 0 Å². The Labute approximate surface area is 221 Å². The van der Waals surface area contributed by atoms with Crippen LogP contribution in [0.25, 0.3) is 0 Å². The number of aromatic nitrogens is 1. The Kier molecular flexibility index (Phi) is 8.04. The molecular weight excluding hydrogens is 480 g/mol. The van der Waals surface area contributed by atoms with Crippen LogP contribution in [-0.4, -0.2) is 13.4 Å². The molecule has 1 aliphatic carbocycles. The molecule has 0 saturated heterocycles. The smallest absolute Gasteiger partial charge is 0.218 e. The molecule has 1 aliphatic rings. The Morgan fingerprint density at radius 1 is 1.08 bits per heavy atom. The van der Waals surface area contributed by atoms with Crippen molar-refractivity contribution in [3.63, 3.8) is 0 Å². The van der Waals surface area contributed by atoms with Gasteiger partial charge in [-0.25, -0.2) is 13.4 Å². The molecule has 0 atom stereocenters. The van der Waals surface area contributed by atoms with Crippen molar-refractivity contribution in [2.45, 2.75) is 82.6 Å². The van der Waals surface area contributed by atoms with Crippen molar-refractivity contribution < 1.29 is 13.2 Å². The van der Waals surface area contributed by atoms with Crippen molar-refractivity contribution in [1.29, 1.82) is 5.26 Å². The highest BCUT2D eigenvalue weighted by Crippen LogP contribution is 2.43. The van der Waals surface area contributed by atoms with Crippen molar-refractivity contribution in [3.05, 3.63) is 82.0 Å². The minimum atomic E-state index is -3.95. The first-order valence-electron chi connectivity index (χ1n) is 13.1. The van der Waals surface area contributed by atoms with Crippen LogP contribution in [0, 0.1) is 30.1 Å². The molecule has 194 valence electrons. The van der Waals surface area contributed by atoms with Crippen molar-refractivity contribution in [2.24, 2.45) is 11.8 Å². The van der Waals surface area contributed by atoms with Gasteiger partial charge in [-0.3, -0.25) is 0 Å². The summed E-state index contributed by atoms with van der Waals surface area (Å²) in [5, 5.41) is 9.54. The Balaban J connectivity index is 1.98. The van der Waals surface area contributed by atoms with Crippen LogP contribution in [0.5, 0.6) is 5.88 Å². The molecule has 1 heterocycles. The monoisotopic (exact) mass is 516 g/mol. The van der Waals surface area contributed by atoms with Crippen molar-refractivity contribution in [2.75, 3.05) is 0 Å². The summed E-state index contributed by atoms with van der Waals surface area (Å²) in [6.45, 7) is 10.4. The molecule has 0 aliphatic heterocycles. The minimum absolute atomic E-state index is 0.130. The van der Waals surface area contributed by atoms with Crippen LogP contribution in [0.1, 0.15) is 80.0 Å². The molecule has 5 nitrogen and oxygen atoms in total. The molecule has 4 rings (SSSR count). The van der Waals surface area contributed by atoms with Gasteiger partial charge >= 0.3 is 0 Å². The number of nitriles is 1. The summed E-state index contributed by atoms with van der Waals surface area (Å²) in [5.74, 6) is 1.04. The molecule has 1 aromatic heterocycles. The highest BCUT2D eigenvalue weighted by Gasteiger charge is 2.35. The van der Waals surface area contributed by atoms with Gasteiger partial charge in [-0.15, -0.1) is 0 Å². The van der Waals surface area contributed by atoms with E-state index in [1.54, 1.807) is 12.1 Å². The van der Waals surface area contributed by atoms with Crippen LogP contribution in [0.2, 0.25) is 0 Å². The minimum Gasteiger partial charge on any atom is -0.473 e. The third-order valence-electron chi connectivity index (χ3n) is 6.68. The van der Waals surface area contributed by atoms with E-state index in [0.29, 0.717) is 53.2 Å². The standard InChI is InChI=1S/C31H36N2O3S/c1-20(2)13-28-27(17-23-11-12-23)30(37(34,35)26-15-22(5)14-25(16-26)18-32)29(21(3)4)31(33-28)36-19-24-9-7-6-8-10-24/h6-10,14-16,20-21,23H,11-13,17,19H2,1-5H3. The number of benzene rings is 2. The van der Waals surface area contributed by atoms with Crippen molar-refractivity contribution >= 4 is 9.84 Å². The highest BCUT2D eigenvalue weighted by molar-refractivity contribution is 7.91. The van der Waals surface area contributed by atoms with Gasteiger partial charge in [0.1, 0.15) is 6.61 Å². The Bertz CT molecular complexity index is 1420. The summed E-state index contributed by atoms with van der Waals surface area (Å²) in [6, 6.07) is 16.8. The first kappa shape index (κ1) is 26.9. The molecule has 3 aromatic rings. The Hall–Kier alpha value is -3.17. The summed E-state index contributed by atoms with van der Waals surface area (Å²) in [4.78, 5) is 5.49. The van der Waals surface area contributed by atoms with Gasteiger partial charge in [-0.1, -0.05) is 58.0 Å². The molecule has 37 heavy (non-hydrogen) atoms. The van der Waals surface area contributed by atoms with Crippen molar-refractivity contribution in [1.82, 2.24) is 4.98 Å². The zero-order chi connectivity index (χ0) is 26.7. The first-order chi connectivity index (χ1) is 17.6. The van der Waals surface area contributed by atoms with Gasteiger partial charge in [-0.2, -0.15) is 5.26 Å². The summed E-state index contributed by atoms with van der Waals surface area (Å²) < 4.78 is 35.2. The zero-order valence-corrected chi connectivity index (χ0v) is 23.2. The first-order valence-corrected chi connectivity index (χ1v) is 14.6. The lowest BCUT2D eigenvalue weighted by atomic mass is 9.94. The SMILES string of the molecule is Cc1cc(C#N)cc(S(=O)(=O)c2c(CC3CC3)c(CC(C)C)nc(OCc3ccccc3)c2C(C)C)c1. The van der Waals surface area contributed by atoms with Gasteiger partial charge in [0.2, 0.25) is 15.7 Å². The van der Waals surface area contributed by atoms with E-state index in [0.717, 1.165) is 35.2 Å². The van der Waals surface area contributed by atoms with Crippen LogP contribution < -0.4 is 4.74 Å². The second kappa shape index (κ2) is 11.1. The van der Waals surface area contributed by atoms with E-state index < -0.39 is 9.84 Å². The second-order valence-corrected chi connectivity index (χ2v) is 12.8. The van der Waals surface area contributed by atoms with Gasteiger partial charge in [0.05, 0.1) is 21.4 Å². The fourth-order valence-electron chi connectivity index (χ4n) is 4.76. The van der Waals surface area contributed by atoms with Gasteiger partial charge in [-0.05, 0) is 85.3 Å². The summed E-state index contributed by atoms with van der Waals surface area (Å²) in [7, 11) is -3.95. The third-order valence-corrected chi connectivity index (χ3v) is 8.54. The molecule has 0 unspecified atom stereocenters. The van der Waals surface area contributed by atoms with Gasteiger partial charge in [0, 0.05) is 11.3 Å². The maximum atomic E-state index is 14.5. The van der Waals surface area contributed by atoms with Gasteiger partial charge in [0.15, 0.2) is 0 Å². The highest BCUT2D eigenvalue weighted by atomic mass is 32.2. The lowest BCUT2D eigenvalue weighted by Gasteiger charge is -2.24. The normalized spacial score (nSPS) is 13.7. The second-order valence-electron chi connectivity index (χ2n) is 10.9. The maximum Gasteiger partial charge on any atom is 0.218 e. The number of hydrogen-bond acceptors (Lipinski definition) is 5. The third kappa shape index (κ3) is 6.22. The number of ether oxygens (including phenoxy) is 1. The Morgan fingerprint density at radius 3 is 2.38 bits per heavy atom. The van der Waals surface area contributed by atoms with E-state index in [1.807, 2.05) is 51.1 Å². The van der Waals surface area contributed by atoms with Crippen LogP contribution in [-0.2, 0) is 29.3 Å². The molecule has 0 spiro atoms. The van der Waals surface area contributed by atoms with Crippen molar-refractivity contribution in [3.8, 4) is 11.9 Å². The quantitative estimate of drug-likeness (QED) is 0.291. The lowest BCUT2D eigenvalue weighted by Crippen LogP contribution is -2.18. The van der Waals surface area contributed by atoms with E-state index in [9.17, 15) is 13.7 Å². The van der Waals surface area contributed by atoms with Crippen LogP contribution in [0.15, 0.2) is 58.3 Å². The number of hydrogen-bond donors (Lipinski definition) is 0. The fourth-order valence-corrected chi connectivity index (χ4v) is 6.75. The number of aryl methyl sites for hydroxylation is 1. The number of pyridine rings is 1. The molecule has 6 heteroatoms. The predicted molar refractivity (Wildman–Crippen MR) is 145 cm³/mol. The summed E-state index contributed by atoms with van der Waals surface area (Å²) >= 11 is 0. The number of nitrogens with zero attached hydrogens (tertiary/aromatic N) is 2. The summed E-state index contributed by atoms with van der Waals surface area (Å²) in [5.41, 5.74) is 4.33. The molecule has 0 N–H and O–H groups in total.